The summed E-state index contributed by atoms with van der Waals surface area (Å²) in [5, 5.41) is 13.6. The number of rotatable bonds is 2. The molecule has 3 aromatic rings. The molecule has 1 aliphatic heterocycles. The van der Waals surface area contributed by atoms with Crippen molar-refractivity contribution >= 4 is 5.65 Å². The number of hydrogen-bond donors (Lipinski definition) is 3. The van der Waals surface area contributed by atoms with Crippen LogP contribution in [0.3, 0.4) is 0 Å². The van der Waals surface area contributed by atoms with Crippen LogP contribution < -0.4 is 16.6 Å². The normalized spacial score (nSPS) is 16.4. The molecule has 1 aliphatic rings. The summed E-state index contributed by atoms with van der Waals surface area (Å²) in [6, 6.07) is 1.58. The van der Waals surface area contributed by atoms with Gasteiger partial charge in [-0.25, -0.2) is 14.4 Å². The van der Waals surface area contributed by atoms with E-state index < -0.39 is 5.76 Å². The Morgan fingerprint density at radius 1 is 1.27 bits per heavy atom. The first-order valence-corrected chi connectivity index (χ1v) is 7.10. The summed E-state index contributed by atoms with van der Waals surface area (Å²) in [6.45, 7) is 1.84. The molecule has 4 heterocycles. The van der Waals surface area contributed by atoms with Gasteiger partial charge in [0.2, 0.25) is 0 Å². The summed E-state index contributed by atoms with van der Waals surface area (Å²) in [7, 11) is 0. The summed E-state index contributed by atoms with van der Waals surface area (Å²) in [4.78, 5) is 25.9. The number of hydrogen-bond acceptors (Lipinski definition) is 6. The number of nitrogens with zero attached hydrogens (tertiary/aromatic N) is 3. The lowest BCUT2D eigenvalue weighted by atomic mass is 9.94. The predicted molar refractivity (Wildman–Crippen MR) is 76.8 cm³/mol. The van der Waals surface area contributed by atoms with Crippen molar-refractivity contribution in [2.45, 2.75) is 18.8 Å². The lowest BCUT2D eigenvalue weighted by Crippen LogP contribution is -2.28. The highest BCUT2D eigenvalue weighted by atomic mass is 16.4. The van der Waals surface area contributed by atoms with Crippen LogP contribution in [0, 0.1) is 0 Å². The molecule has 22 heavy (non-hydrogen) atoms. The number of aromatic amines is 2. The third kappa shape index (κ3) is 2.06. The molecule has 0 unspecified atom stereocenters. The Balaban J connectivity index is 1.91. The summed E-state index contributed by atoms with van der Waals surface area (Å²) in [5.41, 5.74) is 1.62. The fraction of sp³-hybridized carbons (Fsp3) is 0.385. The van der Waals surface area contributed by atoms with E-state index in [2.05, 4.69) is 25.6 Å². The molecule has 9 nitrogen and oxygen atoms in total. The molecule has 3 N–H and O–H groups in total. The Kier molecular flexibility index (Phi) is 2.93. The van der Waals surface area contributed by atoms with Crippen LogP contribution >= 0.6 is 0 Å². The zero-order chi connectivity index (χ0) is 15.1. The molecule has 0 spiro atoms. The Labute approximate surface area is 123 Å². The first-order valence-electron chi connectivity index (χ1n) is 7.10. The largest absolute Gasteiger partial charge is 0.434 e. The van der Waals surface area contributed by atoms with Crippen LogP contribution in [0.15, 0.2) is 26.3 Å². The summed E-state index contributed by atoms with van der Waals surface area (Å²) < 4.78 is 6.65. The number of nitrogens with one attached hydrogen (secondary N) is 3. The highest BCUT2D eigenvalue weighted by molar-refractivity contribution is 5.70. The highest BCUT2D eigenvalue weighted by Gasteiger charge is 2.22. The molecule has 0 aromatic carbocycles. The molecule has 0 atom stereocenters. The quantitative estimate of drug-likeness (QED) is 0.604. The Morgan fingerprint density at radius 2 is 2.09 bits per heavy atom. The van der Waals surface area contributed by atoms with Gasteiger partial charge in [-0.05, 0) is 25.9 Å². The first kappa shape index (κ1) is 13.0. The second-order valence-corrected chi connectivity index (χ2v) is 5.32. The van der Waals surface area contributed by atoms with Crippen LogP contribution in [0.1, 0.15) is 24.5 Å². The van der Waals surface area contributed by atoms with E-state index in [1.807, 2.05) is 0 Å². The van der Waals surface area contributed by atoms with E-state index >= 15 is 0 Å². The number of piperidine rings is 1. The van der Waals surface area contributed by atoms with Crippen LogP contribution in [-0.2, 0) is 0 Å². The van der Waals surface area contributed by atoms with Crippen molar-refractivity contribution in [3.8, 4) is 11.5 Å². The molecule has 4 rings (SSSR count). The highest BCUT2D eigenvalue weighted by Crippen LogP contribution is 2.27. The number of H-pyrrole nitrogens is 2. The van der Waals surface area contributed by atoms with Crippen molar-refractivity contribution in [3.63, 3.8) is 0 Å². The van der Waals surface area contributed by atoms with Crippen molar-refractivity contribution < 1.29 is 4.42 Å². The number of fused-ring (bicyclic) bond motifs is 1. The van der Waals surface area contributed by atoms with E-state index in [-0.39, 0.29) is 17.4 Å². The third-order valence-corrected chi connectivity index (χ3v) is 3.96. The molecular weight excluding hydrogens is 288 g/mol. The molecule has 0 bridgehead atoms. The topological polar surface area (TPSA) is 121 Å². The molecule has 9 heteroatoms. The average molecular weight is 302 g/mol. The fourth-order valence-electron chi connectivity index (χ4n) is 2.92. The molecule has 1 fully saturated rings. The molecular formula is C13H14N6O3. The molecule has 0 saturated carbocycles. The SMILES string of the molecule is O=c1cc(C2CCNCC2)n2ncc(-c3n[nH]c(=O)o3)c2[nH]1. The second kappa shape index (κ2) is 4.95. The van der Waals surface area contributed by atoms with E-state index in [4.69, 9.17) is 4.42 Å². The Morgan fingerprint density at radius 3 is 2.82 bits per heavy atom. The zero-order valence-electron chi connectivity index (χ0n) is 11.6. The van der Waals surface area contributed by atoms with Gasteiger partial charge in [-0.2, -0.15) is 5.10 Å². The van der Waals surface area contributed by atoms with Gasteiger partial charge in [0.15, 0.2) is 0 Å². The van der Waals surface area contributed by atoms with Crippen LogP contribution in [0.25, 0.3) is 17.1 Å². The van der Waals surface area contributed by atoms with Crippen molar-refractivity contribution in [2.75, 3.05) is 13.1 Å². The lowest BCUT2D eigenvalue weighted by Gasteiger charge is -2.23. The standard InChI is InChI=1S/C13H14N6O3/c20-10-5-9(7-1-3-14-4-2-7)19-11(16-10)8(6-15-19)12-17-18-13(21)22-12/h5-7,14H,1-4H2,(H,16,20)(H,18,21). The van der Waals surface area contributed by atoms with E-state index in [9.17, 15) is 9.59 Å². The molecule has 0 amide bonds. The van der Waals surface area contributed by atoms with E-state index in [0.717, 1.165) is 31.6 Å². The monoisotopic (exact) mass is 302 g/mol. The van der Waals surface area contributed by atoms with Gasteiger partial charge >= 0.3 is 5.76 Å². The first-order chi connectivity index (χ1) is 10.7. The minimum Gasteiger partial charge on any atom is -0.388 e. The third-order valence-electron chi connectivity index (χ3n) is 3.96. The van der Waals surface area contributed by atoms with Crippen LogP contribution in [0.5, 0.6) is 0 Å². The summed E-state index contributed by atoms with van der Waals surface area (Å²) in [5.74, 6) is -0.269. The van der Waals surface area contributed by atoms with E-state index in [0.29, 0.717) is 11.2 Å². The Bertz CT molecular complexity index is 927. The second-order valence-electron chi connectivity index (χ2n) is 5.32. The van der Waals surface area contributed by atoms with Gasteiger partial charge in [-0.3, -0.25) is 4.79 Å². The summed E-state index contributed by atoms with van der Waals surface area (Å²) in [6.07, 6.45) is 3.44. The van der Waals surface area contributed by atoms with Crippen molar-refractivity contribution in [1.82, 2.24) is 30.1 Å². The van der Waals surface area contributed by atoms with E-state index in [1.165, 1.54) is 6.20 Å². The lowest BCUT2D eigenvalue weighted by molar-refractivity contribution is 0.446. The van der Waals surface area contributed by atoms with Gasteiger partial charge in [0.1, 0.15) is 11.2 Å². The smallest absolute Gasteiger partial charge is 0.388 e. The maximum Gasteiger partial charge on any atom is 0.434 e. The van der Waals surface area contributed by atoms with Gasteiger partial charge in [-0.15, -0.1) is 5.10 Å². The van der Waals surface area contributed by atoms with Crippen LogP contribution in [-0.4, -0.2) is 37.9 Å². The minimum atomic E-state index is -0.647. The molecule has 0 radical (unpaired) electrons. The van der Waals surface area contributed by atoms with Gasteiger partial charge in [0.05, 0.1) is 11.9 Å². The summed E-state index contributed by atoms with van der Waals surface area (Å²) >= 11 is 0. The van der Waals surface area contributed by atoms with Gasteiger partial charge in [0.25, 0.3) is 11.4 Å². The zero-order valence-corrected chi connectivity index (χ0v) is 11.6. The maximum atomic E-state index is 12.0. The van der Waals surface area contributed by atoms with Gasteiger partial charge in [-0.1, -0.05) is 0 Å². The Hall–Kier alpha value is -2.68. The van der Waals surface area contributed by atoms with Gasteiger partial charge < -0.3 is 14.7 Å². The van der Waals surface area contributed by atoms with Crippen molar-refractivity contribution in [2.24, 2.45) is 0 Å². The van der Waals surface area contributed by atoms with E-state index in [1.54, 1.807) is 10.6 Å². The van der Waals surface area contributed by atoms with Crippen LogP contribution in [0.2, 0.25) is 0 Å². The maximum absolute atomic E-state index is 12.0. The molecule has 114 valence electrons. The predicted octanol–water partition coefficient (Wildman–Crippen LogP) is -0.167. The van der Waals surface area contributed by atoms with Crippen molar-refractivity contribution in [1.29, 1.82) is 0 Å². The van der Waals surface area contributed by atoms with Gasteiger partial charge in [0, 0.05) is 12.0 Å². The average Bonchev–Trinajstić information content (AvgIpc) is 3.13. The number of aromatic nitrogens is 5. The molecule has 0 aliphatic carbocycles. The van der Waals surface area contributed by atoms with Crippen molar-refractivity contribution in [3.05, 3.63) is 38.9 Å². The van der Waals surface area contributed by atoms with Crippen LogP contribution in [0.4, 0.5) is 0 Å². The minimum absolute atomic E-state index is 0.109. The fourth-order valence-corrected chi connectivity index (χ4v) is 2.92. The molecule has 3 aromatic heterocycles. The molecule has 1 saturated heterocycles.